The highest BCUT2D eigenvalue weighted by atomic mass is 35.5. The normalized spacial score (nSPS) is 18.7. The molecule has 1 heterocycles. The predicted molar refractivity (Wildman–Crippen MR) is 108 cm³/mol. The van der Waals surface area contributed by atoms with Gasteiger partial charge in [0.25, 0.3) is 11.7 Å². The standard InChI is InChI=1S/C22H22ClNO4/c1-14-5-3-6-16(13-14)19-18(20(25)15-7-9-17(23)10-8-15)21(26)22(27)24(19)11-4-12-28-2/h3,5-10,13,19,25H,4,11-12H2,1-2H3/b20-18-. The van der Waals surface area contributed by atoms with Crippen molar-refractivity contribution < 1.29 is 19.4 Å². The number of carbonyl (C=O) groups excluding carboxylic acids is 2. The van der Waals surface area contributed by atoms with Crippen molar-refractivity contribution in [2.75, 3.05) is 20.3 Å². The molecule has 1 aliphatic rings. The first-order chi connectivity index (χ1) is 13.4. The molecule has 0 radical (unpaired) electrons. The summed E-state index contributed by atoms with van der Waals surface area (Å²) >= 11 is 5.93. The highest BCUT2D eigenvalue weighted by Gasteiger charge is 2.45. The number of likely N-dealkylation sites (tertiary alicyclic amines) is 1. The maximum Gasteiger partial charge on any atom is 0.295 e. The molecule has 1 unspecified atom stereocenters. The van der Waals surface area contributed by atoms with Gasteiger partial charge >= 0.3 is 0 Å². The fraction of sp³-hybridized carbons (Fsp3) is 0.273. The molecule has 1 fully saturated rings. The Kier molecular flexibility index (Phi) is 6.17. The van der Waals surface area contributed by atoms with E-state index in [0.29, 0.717) is 30.2 Å². The van der Waals surface area contributed by atoms with Gasteiger partial charge in [0.15, 0.2) is 0 Å². The van der Waals surface area contributed by atoms with Crippen LogP contribution in [0.5, 0.6) is 0 Å². The quantitative estimate of drug-likeness (QED) is 0.343. The highest BCUT2D eigenvalue weighted by Crippen LogP contribution is 2.39. The second-order valence-corrected chi connectivity index (χ2v) is 7.20. The lowest BCUT2D eigenvalue weighted by Crippen LogP contribution is -2.31. The zero-order chi connectivity index (χ0) is 20.3. The number of benzene rings is 2. The van der Waals surface area contributed by atoms with Gasteiger partial charge in [0.1, 0.15) is 5.76 Å². The fourth-order valence-corrected chi connectivity index (χ4v) is 3.57. The Balaban J connectivity index is 2.12. The molecule has 146 valence electrons. The molecule has 6 heteroatoms. The van der Waals surface area contributed by atoms with Crippen molar-refractivity contribution >= 4 is 29.1 Å². The van der Waals surface area contributed by atoms with Gasteiger partial charge in [0.05, 0.1) is 11.6 Å². The maximum absolute atomic E-state index is 12.8. The number of rotatable bonds is 6. The molecular formula is C22H22ClNO4. The lowest BCUT2D eigenvalue weighted by Gasteiger charge is -2.25. The van der Waals surface area contributed by atoms with Crippen LogP contribution in [0.25, 0.3) is 5.76 Å². The Morgan fingerprint density at radius 2 is 1.89 bits per heavy atom. The average molecular weight is 400 g/mol. The first-order valence-electron chi connectivity index (χ1n) is 9.04. The first kappa shape index (κ1) is 20.1. The number of hydrogen-bond donors (Lipinski definition) is 1. The number of aryl methyl sites for hydroxylation is 1. The van der Waals surface area contributed by atoms with Crippen molar-refractivity contribution in [2.24, 2.45) is 0 Å². The van der Waals surface area contributed by atoms with Gasteiger partial charge in [-0.15, -0.1) is 0 Å². The lowest BCUT2D eigenvalue weighted by molar-refractivity contribution is -0.140. The van der Waals surface area contributed by atoms with Gasteiger partial charge in [-0.05, 0) is 43.2 Å². The summed E-state index contributed by atoms with van der Waals surface area (Å²) in [5.41, 5.74) is 2.32. The van der Waals surface area contributed by atoms with Crippen LogP contribution in [0.1, 0.15) is 29.2 Å². The van der Waals surface area contributed by atoms with Crippen LogP contribution >= 0.6 is 11.6 Å². The third-order valence-corrected chi connectivity index (χ3v) is 5.01. The van der Waals surface area contributed by atoms with Crippen LogP contribution in [0.4, 0.5) is 0 Å². The van der Waals surface area contributed by atoms with E-state index in [1.807, 2.05) is 31.2 Å². The Morgan fingerprint density at radius 3 is 2.54 bits per heavy atom. The van der Waals surface area contributed by atoms with Gasteiger partial charge in [-0.3, -0.25) is 9.59 Å². The Morgan fingerprint density at radius 1 is 1.18 bits per heavy atom. The molecule has 0 spiro atoms. The Labute approximate surface area is 169 Å². The van der Waals surface area contributed by atoms with E-state index in [-0.39, 0.29) is 11.3 Å². The molecule has 2 aromatic carbocycles. The largest absolute Gasteiger partial charge is 0.507 e. The minimum absolute atomic E-state index is 0.0929. The number of amides is 1. The van der Waals surface area contributed by atoms with E-state index in [1.54, 1.807) is 31.4 Å². The molecule has 0 aliphatic carbocycles. The van der Waals surface area contributed by atoms with E-state index in [1.165, 1.54) is 4.90 Å². The van der Waals surface area contributed by atoms with Crippen molar-refractivity contribution in [3.63, 3.8) is 0 Å². The molecule has 1 aliphatic heterocycles. The summed E-state index contributed by atoms with van der Waals surface area (Å²) in [6, 6.07) is 13.5. The summed E-state index contributed by atoms with van der Waals surface area (Å²) in [5.74, 6) is -1.50. The number of nitrogens with zero attached hydrogens (tertiary/aromatic N) is 1. The summed E-state index contributed by atoms with van der Waals surface area (Å²) in [6.07, 6.45) is 0.590. The Bertz CT molecular complexity index is 920. The molecule has 1 amide bonds. The van der Waals surface area contributed by atoms with E-state index < -0.39 is 17.7 Å². The zero-order valence-corrected chi connectivity index (χ0v) is 16.6. The van der Waals surface area contributed by atoms with Gasteiger partial charge in [-0.1, -0.05) is 41.4 Å². The molecule has 1 N–H and O–H groups in total. The van der Waals surface area contributed by atoms with E-state index >= 15 is 0 Å². The molecule has 2 aromatic rings. The smallest absolute Gasteiger partial charge is 0.295 e. The third kappa shape index (κ3) is 3.96. The number of carbonyl (C=O) groups is 2. The number of hydrogen-bond acceptors (Lipinski definition) is 4. The molecular weight excluding hydrogens is 378 g/mol. The molecule has 0 saturated carbocycles. The van der Waals surface area contributed by atoms with Crippen LogP contribution in [0, 0.1) is 6.92 Å². The van der Waals surface area contributed by atoms with Crippen molar-refractivity contribution in [3.05, 3.63) is 75.8 Å². The van der Waals surface area contributed by atoms with Gasteiger partial charge < -0.3 is 14.7 Å². The van der Waals surface area contributed by atoms with E-state index in [4.69, 9.17) is 16.3 Å². The van der Waals surface area contributed by atoms with Gasteiger partial charge in [0.2, 0.25) is 0 Å². The summed E-state index contributed by atoms with van der Waals surface area (Å²) in [7, 11) is 1.59. The van der Waals surface area contributed by atoms with Crippen LogP contribution in [-0.4, -0.2) is 42.0 Å². The monoisotopic (exact) mass is 399 g/mol. The summed E-state index contributed by atoms with van der Waals surface area (Å²) in [6.45, 7) is 2.77. The first-order valence-corrected chi connectivity index (χ1v) is 9.41. The number of ketones is 1. The molecule has 1 atom stereocenters. The molecule has 28 heavy (non-hydrogen) atoms. The number of aliphatic hydroxyl groups excluding tert-OH is 1. The second kappa shape index (κ2) is 8.59. The molecule has 0 bridgehead atoms. The molecule has 3 rings (SSSR count). The zero-order valence-electron chi connectivity index (χ0n) is 15.8. The minimum Gasteiger partial charge on any atom is -0.507 e. The van der Waals surface area contributed by atoms with Crippen molar-refractivity contribution in [2.45, 2.75) is 19.4 Å². The summed E-state index contributed by atoms with van der Waals surface area (Å²) in [4.78, 5) is 27.1. The molecule has 1 saturated heterocycles. The Hall–Kier alpha value is -2.63. The number of aliphatic hydroxyl groups is 1. The van der Waals surface area contributed by atoms with Crippen molar-refractivity contribution in [1.82, 2.24) is 4.90 Å². The van der Waals surface area contributed by atoms with Crippen LogP contribution < -0.4 is 0 Å². The summed E-state index contributed by atoms with van der Waals surface area (Å²) < 4.78 is 5.08. The average Bonchev–Trinajstić information content (AvgIpc) is 2.93. The number of ether oxygens (including phenoxy) is 1. The maximum atomic E-state index is 12.8. The van der Waals surface area contributed by atoms with E-state index in [0.717, 1.165) is 11.1 Å². The van der Waals surface area contributed by atoms with Gasteiger partial charge in [-0.2, -0.15) is 0 Å². The third-order valence-electron chi connectivity index (χ3n) is 4.76. The topological polar surface area (TPSA) is 66.8 Å². The van der Waals surface area contributed by atoms with Crippen molar-refractivity contribution in [3.8, 4) is 0 Å². The van der Waals surface area contributed by atoms with Crippen LogP contribution in [0.15, 0.2) is 54.1 Å². The second-order valence-electron chi connectivity index (χ2n) is 6.76. The number of methoxy groups -OCH3 is 1. The predicted octanol–water partition coefficient (Wildman–Crippen LogP) is 4.11. The van der Waals surface area contributed by atoms with Gasteiger partial charge in [-0.25, -0.2) is 0 Å². The molecule has 5 nitrogen and oxygen atoms in total. The van der Waals surface area contributed by atoms with Crippen LogP contribution in [-0.2, 0) is 14.3 Å². The number of Topliss-reactive ketones (excluding diaryl/α,β-unsaturated/α-hetero) is 1. The number of halogens is 1. The summed E-state index contributed by atoms with van der Waals surface area (Å²) in [5, 5.41) is 11.4. The minimum atomic E-state index is -0.684. The van der Waals surface area contributed by atoms with Gasteiger partial charge in [0, 0.05) is 30.8 Å². The fourth-order valence-electron chi connectivity index (χ4n) is 3.44. The van der Waals surface area contributed by atoms with E-state index in [2.05, 4.69) is 0 Å². The SMILES string of the molecule is COCCCN1C(=O)C(=O)/C(=C(\O)c2ccc(Cl)cc2)C1c1cccc(C)c1. The molecule has 0 aromatic heterocycles. The van der Waals surface area contributed by atoms with E-state index in [9.17, 15) is 14.7 Å². The lowest BCUT2D eigenvalue weighted by atomic mass is 9.94. The van der Waals surface area contributed by atoms with Crippen LogP contribution in [0.2, 0.25) is 5.02 Å². The highest BCUT2D eigenvalue weighted by molar-refractivity contribution is 6.46. The van der Waals surface area contributed by atoms with Crippen LogP contribution in [0.3, 0.4) is 0 Å². The van der Waals surface area contributed by atoms with Crippen molar-refractivity contribution in [1.29, 1.82) is 0 Å².